The van der Waals surface area contributed by atoms with Gasteiger partial charge >= 0.3 is 0 Å². The Morgan fingerprint density at radius 1 is 1.12 bits per heavy atom. The molecule has 0 aliphatic carbocycles. The van der Waals surface area contributed by atoms with Gasteiger partial charge in [-0.05, 0) is 25.3 Å². The van der Waals surface area contributed by atoms with E-state index in [1.165, 1.54) is 0 Å². The summed E-state index contributed by atoms with van der Waals surface area (Å²) in [6.45, 7) is 9.21. The molecule has 3 nitrogen and oxygen atoms in total. The average molecular weight is 249 g/mol. The van der Waals surface area contributed by atoms with Gasteiger partial charge in [-0.2, -0.15) is 0 Å². The lowest BCUT2D eigenvalue weighted by atomic mass is 9.98. The zero-order valence-corrected chi connectivity index (χ0v) is 11.9. The highest BCUT2D eigenvalue weighted by Gasteiger charge is 2.12. The van der Waals surface area contributed by atoms with Gasteiger partial charge in [-0.1, -0.05) is 34.1 Å². The fourth-order valence-corrected chi connectivity index (χ4v) is 2.70. The predicted octanol–water partition coefficient (Wildman–Crippen LogP) is 2.23. The Morgan fingerprint density at radius 3 is 2.19 bits per heavy atom. The smallest absolute Gasteiger partial charge is 0.150 e. The van der Waals surface area contributed by atoms with Crippen LogP contribution in [0.25, 0.3) is 0 Å². The van der Waals surface area contributed by atoms with E-state index in [0.717, 1.165) is 25.8 Å². The number of rotatable bonds is 9. The Balaban J connectivity index is 3.79. The van der Waals surface area contributed by atoms with Gasteiger partial charge in [0.25, 0.3) is 0 Å². The summed E-state index contributed by atoms with van der Waals surface area (Å²) in [6.07, 6.45) is 2.87. The quantitative estimate of drug-likeness (QED) is 0.637. The third-order valence-corrected chi connectivity index (χ3v) is 4.72. The van der Waals surface area contributed by atoms with Crippen molar-refractivity contribution in [3.05, 3.63) is 0 Å². The van der Waals surface area contributed by atoms with Crippen LogP contribution < -0.4 is 5.32 Å². The highest BCUT2D eigenvalue weighted by Crippen LogP contribution is 2.10. The number of unbranched alkanes of at least 4 members (excludes halogenated alkanes) is 1. The maximum atomic E-state index is 11.3. The van der Waals surface area contributed by atoms with Crippen molar-refractivity contribution < 1.29 is 8.42 Å². The summed E-state index contributed by atoms with van der Waals surface area (Å²) in [4.78, 5) is 0. The van der Waals surface area contributed by atoms with Crippen LogP contribution in [0.5, 0.6) is 0 Å². The summed E-state index contributed by atoms with van der Waals surface area (Å²) < 4.78 is 22.6. The predicted molar refractivity (Wildman–Crippen MR) is 70.5 cm³/mol. The van der Waals surface area contributed by atoms with Gasteiger partial charge in [0.1, 0.15) is 9.84 Å². The van der Waals surface area contributed by atoms with Crippen LogP contribution in [0.4, 0.5) is 0 Å². The van der Waals surface area contributed by atoms with E-state index in [-0.39, 0.29) is 5.75 Å². The molecule has 0 aromatic carbocycles. The Labute approximate surface area is 101 Å². The van der Waals surface area contributed by atoms with Crippen LogP contribution in [0, 0.1) is 5.92 Å². The van der Waals surface area contributed by atoms with Crippen molar-refractivity contribution in [2.75, 3.05) is 18.1 Å². The third-order valence-electron chi connectivity index (χ3n) is 2.93. The zero-order valence-electron chi connectivity index (χ0n) is 11.1. The highest BCUT2D eigenvalue weighted by atomic mass is 32.2. The molecule has 0 aliphatic rings. The SMILES string of the molecule is CCNC(CCCCS(=O)(=O)CC)C(C)C. The molecule has 0 saturated heterocycles. The molecule has 1 atom stereocenters. The second kappa shape index (κ2) is 8.07. The molecule has 0 saturated carbocycles. The van der Waals surface area contributed by atoms with Crippen molar-refractivity contribution in [3.63, 3.8) is 0 Å². The second-order valence-electron chi connectivity index (χ2n) is 4.64. The van der Waals surface area contributed by atoms with Crippen LogP contribution in [-0.4, -0.2) is 32.5 Å². The summed E-state index contributed by atoms with van der Waals surface area (Å²) in [6, 6.07) is 0.523. The van der Waals surface area contributed by atoms with Crippen LogP contribution in [0.3, 0.4) is 0 Å². The standard InChI is InChI=1S/C12H27NO2S/c1-5-13-12(11(3)4)9-7-8-10-16(14,15)6-2/h11-13H,5-10H2,1-4H3. The van der Waals surface area contributed by atoms with Gasteiger partial charge in [-0.25, -0.2) is 8.42 Å². The van der Waals surface area contributed by atoms with Crippen molar-refractivity contribution in [2.24, 2.45) is 5.92 Å². The summed E-state index contributed by atoms with van der Waals surface area (Å²) in [5.41, 5.74) is 0. The Hall–Kier alpha value is -0.0900. The minimum atomic E-state index is -2.77. The van der Waals surface area contributed by atoms with Gasteiger partial charge in [-0.3, -0.25) is 0 Å². The summed E-state index contributed by atoms with van der Waals surface area (Å²) in [7, 11) is -2.77. The fraction of sp³-hybridized carbons (Fsp3) is 1.00. The van der Waals surface area contributed by atoms with Crippen LogP contribution in [0.2, 0.25) is 0 Å². The van der Waals surface area contributed by atoms with E-state index in [4.69, 9.17) is 0 Å². The molecule has 0 aromatic rings. The molecule has 0 rings (SSSR count). The Morgan fingerprint density at radius 2 is 1.75 bits per heavy atom. The van der Waals surface area contributed by atoms with Gasteiger partial charge in [0.15, 0.2) is 0 Å². The monoisotopic (exact) mass is 249 g/mol. The molecule has 1 unspecified atom stereocenters. The van der Waals surface area contributed by atoms with E-state index in [1.807, 2.05) is 0 Å². The normalized spacial score (nSPS) is 14.3. The second-order valence-corrected chi connectivity index (χ2v) is 7.11. The zero-order chi connectivity index (χ0) is 12.6. The maximum Gasteiger partial charge on any atom is 0.150 e. The Bertz CT molecular complexity index is 260. The molecule has 0 aliphatic heterocycles. The van der Waals surface area contributed by atoms with Crippen LogP contribution in [0.15, 0.2) is 0 Å². The molecular weight excluding hydrogens is 222 g/mol. The first kappa shape index (κ1) is 15.9. The summed E-state index contributed by atoms with van der Waals surface area (Å²) in [5, 5.41) is 3.44. The lowest BCUT2D eigenvalue weighted by molar-refractivity contribution is 0.375. The van der Waals surface area contributed by atoms with Gasteiger partial charge in [0.2, 0.25) is 0 Å². The lowest BCUT2D eigenvalue weighted by Gasteiger charge is -2.21. The van der Waals surface area contributed by atoms with E-state index < -0.39 is 9.84 Å². The fourth-order valence-electron chi connectivity index (χ4n) is 1.76. The van der Waals surface area contributed by atoms with Gasteiger partial charge < -0.3 is 5.32 Å². The molecule has 98 valence electrons. The van der Waals surface area contributed by atoms with Crippen molar-refractivity contribution in [1.82, 2.24) is 5.32 Å². The molecule has 4 heteroatoms. The molecule has 0 spiro atoms. The van der Waals surface area contributed by atoms with E-state index in [0.29, 0.717) is 17.7 Å². The third kappa shape index (κ3) is 7.23. The van der Waals surface area contributed by atoms with Crippen LogP contribution >= 0.6 is 0 Å². The van der Waals surface area contributed by atoms with Gasteiger partial charge in [0, 0.05) is 11.8 Å². The number of sulfone groups is 1. The van der Waals surface area contributed by atoms with Gasteiger partial charge in [0.05, 0.1) is 5.75 Å². The average Bonchev–Trinajstić information content (AvgIpc) is 2.22. The Kier molecular flexibility index (Phi) is 8.02. The van der Waals surface area contributed by atoms with Gasteiger partial charge in [-0.15, -0.1) is 0 Å². The maximum absolute atomic E-state index is 11.3. The van der Waals surface area contributed by atoms with E-state index in [2.05, 4.69) is 26.1 Å². The minimum Gasteiger partial charge on any atom is -0.314 e. The summed E-state index contributed by atoms with van der Waals surface area (Å²) >= 11 is 0. The highest BCUT2D eigenvalue weighted by molar-refractivity contribution is 7.91. The van der Waals surface area contributed by atoms with Crippen molar-refractivity contribution >= 4 is 9.84 Å². The lowest BCUT2D eigenvalue weighted by Crippen LogP contribution is -2.33. The van der Waals surface area contributed by atoms with Crippen molar-refractivity contribution in [3.8, 4) is 0 Å². The number of nitrogens with one attached hydrogen (secondary N) is 1. The minimum absolute atomic E-state index is 0.272. The van der Waals surface area contributed by atoms with E-state index in [1.54, 1.807) is 6.92 Å². The molecule has 0 aromatic heterocycles. The molecular formula is C12H27NO2S. The van der Waals surface area contributed by atoms with E-state index in [9.17, 15) is 8.42 Å². The molecule has 0 bridgehead atoms. The molecule has 0 heterocycles. The first-order valence-corrected chi connectivity index (χ1v) is 8.18. The number of hydrogen-bond donors (Lipinski definition) is 1. The largest absolute Gasteiger partial charge is 0.314 e. The van der Waals surface area contributed by atoms with Crippen molar-refractivity contribution in [1.29, 1.82) is 0 Å². The van der Waals surface area contributed by atoms with Crippen LogP contribution in [-0.2, 0) is 9.84 Å². The molecule has 0 amide bonds. The molecule has 0 radical (unpaired) electrons. The summed E-state index contributed by atoms with van der Waals surface area (Å²) in [5.74, 6) is 1.23. The topological polar surface area (TPSA) is 46.2 Å². The molecule has 16 heavy (non-hydrogen) atoms. The number of hydrogen-bond acceptors (Lipinski definition) is 3. The first-order valence-electron chi connectivity index (χ1n) is 6.36. The van der Waals surface area contributed by atoms with Crippen molar-refractivity contribution in [2.45, 2.75) is 53.0 Å². The van der Waals surface area contributed by atoms with Crippen LogP contribution in [0.1, 0.15) is 47.0 Å². The molecule has 1 N–H and O–H groups in total. The first-order chi connectivity index (χ1) is 7.43. The molecule has 0 fully saturated rings. The van der Waals surface area contributed by atoms with E-state index >= 15 is 0 Å².